The number of rotatable bonds is 6. The van der Waals surface area contributed by atoms with E-state index in [0.717, 1.165) is 17.6 Å². The highest BCUT2D eigenvalue weighted by Crippen LogP contribution is 2.26. The molecule has 3 rings (SSSR count). The second-order valence-corrected chi connectivity index (χ2v) is 6.26. The Hall–Kier alpha value is -2.59. The van der Waals surface area contributed by atoms with Crippen LogP contribution < -0.4 is 10.1 Å². The van der Waals surface area contributed by atoms with Crippen LogP contribution in [0.4, 0.5) is 0 Å². The molecule has 25 heavy (non-hydrogen) atoms. The fourth-order valence-electron chi connectivity index (χ4n) is 2.91. The number of ether oxygens (including phenoxy) is 2. The molecule has 1 amide bonds. The minimum Gasteiger partial charge on any atom is -0.488 e. The molecule has 0 fully saturated rings. The zero-order valence-electron chi connectivity index (χ0n) is 14.5. The van der Waals surface area contributed by atoms with E-state index >= 15 is 0 Å². The molecule has 1 aliphatic rings. The second-order valence-electron chi connectivity index (χ2n) is 6.26. The molecule has 1 heterocycles. The molecule has 130 valence electrons. The maximum Gasteiger partial charge on any atom is 0.255 e. The molecule has 0 aromatic heterocycles. The first-order valence-electron chi connectivity index (χ1n) is 8.49. The van der Waals surface area contributed by atoms with Crippen molar-refractivity contribution in [2.24, 2.45) is 0 Å². The lowest BCUT2D eigenvalue weighted by molar-refractivity contribution is 0.0411. The van der Waals surface area contributed by atoms with Crippen molar-refractivity contribution in [1.29, 1.82) is 0 Å². The lowest BCUT2D eigenvalue weighted by Gasteiger charge is -2.26. The predicted molar refractivity (Wildman–Crippen MR) is 97.9 cm³/mol. The van der Waals surface area contributed by atoms with Crippen molar-refractivity contribution in [3.8, 4) is 5.75 Å². The molecule has 1 aliphatic heterocycles. The largest absolute Gasteiger partial charge is 0.488 e. The van der Waals surface area contributed by atoms with Gasteiger partial charge in [-0.2, -0.15) is 0 Å². The number of hydrogen-bond donors (Lipinski definition) is 1. The first-order chi connectivity index (χ1) is 12.1. The Kier molecular flexibility index (Phi) is 5.51. The predicted octanol–water partition coefficient (Wildman–Crippen LogP) is 3.69. The maximum absolute atomic E-state index is 12.6. The average molecular weight is 337 g/mol. The fraction of sp³-hybridized carbons (Fsp3) is 0.286. The summed E-state index contributed by atoms with van der Waals surface area (Å²) in [6.07, 6.45) is 0.801. The van der Waals surface area contributed by atoms with E-state index in [1.165, 1.54) is 5.56 Å². The molecule has 2 aromatic carbocycles. The minimum absolute atomic E-state index is 0.114. The molecule has 0 aliphatic carbocycles. The van der Waals surface area contributed by atoms with Crippen molar-refractivity contribution in [2.45, 2.75) is 19.4 Å². The quantitative estimate of drug-likeness (QED) is 0.818. The zero-order valence-corrected chi connectivity index (χ0v) is 14.5. The van der Waals surface area contributed by atoms with Crippen molar-refractivity contribution < 1.29 is 14.3 Å². The Labute approximate surface area is 148 Å². The summed E-state index contributed by atoms with van der Waals surface area (Å²) < 4.78 is 11.5. The highest BCUT2D eigenvalue weighted by Gasteiger charge is 2.21. The van der Waals surface area contributed by atoms with Crippen molar-refractivity contribution >= 4 is 5.91 Å². The van der Waals surface area contributed by atoms with Gasteiger partial charge in [0.2, 0.25) is 0 Å². The van der Waals surface area contributed by atoms with Gasteiger partial charge in [0.1, 0.15) is 18.5 Å². The fourth-order valence-corrected chi connectivity index (χ4v) is 2.91. The highest BCUT2D eigenvalue weighted by atomic mass is 16.5. The summed E-state index contributed by atoms with van der Waals surface area (Å²) in [6.45, 7) is 7.21. The molecule has 2 aromatic rings. The molecule has 1 N–H and O–H groups in total. The van der Waals surface area contributed by atoms with Crippen LogP contribution in [0.25, 0.3) is 0 Å². The Morgan fingerprint density at radius 1 is 1.24 bits per heavy atom. The molecule has 0 radical (unpaired) electrons. The van der Waals surface area contributed by atoms with Gasteiger partial charge in [0, 0.05) is 6.54 Å². The number of benzene rings is 2. The smallest absolute Gasteiger partial charge is 0.255 e. The number of carbonyl (C=O) groups is 1. The molecular weight excluding hydrogens is 314 g/mol. The number of fused-ring (bicyclic) bond motifs is 1. The van der Waals surface area contributed by atoms with Gasteiger partial charge in [-0.15, -0.1) is 0 Å². The average Bonchev–Trinajstić information content (AvgIpc) is 2.64. The van der Waals surface area contributed by atoms with Crippen LogP contribution in [0.3, 0.4) is 0 Å². The monoisotopic (exact) mass is 337 g/mol. The third-order valence-corrected chi connectivity index (χ3v) is 4.15. The third-order valence-electron chi connectivity index (χ3n) is 4.15. The number of amides is 1. The summed E-state index contributed by atoms with van der Waals surface area (Å²) in [5, 5.41) is 2.97. The van der Waals surface area contributed by atoms with Gasteiger partial charge in [0.25, 0.3) is 5.91 Å². The molecule has 0 spiro atoms. The van der Waals surface area contributed by atoms with Gasteiger partial charge in [-0.05, 0) is 42.2 Å². The number of carbonyl (C=O) groups excluding carboxylic acids is 1. The number of para-hydroxylation sites is 1. The standard InChI is InChI=1S/C21H23NO3/c1-15(2)14-25-19-10-6-5-9-18(19)21(23)22-13-20-17-8-4-3-7-16(17)11-12-24-20/h3-10,20H,1,11-14H2,2H3,(H,22,23)/t20-/m0/s1. The molecule has 0 saturated carbocycles. The van der Waals surface area contributed by atoms with E-state index in [1.807, 2.05) is 31.2 Å². The normalized spacial score (nSPS) is 16.0. The van der Waals surface area contributed by atoms with Gasteiger partial charge in [0.05, 0.1) is 12.2 Å². The summed E-state index contributed by atoms with van der Waals surface area (Å²) in [4.78, 5) is 12.6. The van der Waals surface area contributed by atoms with Gasteiger partial charge in [-0.1, -0.05) is 43.0 Å². The van der Waals surface area contributed by atoms with E-state index in [0.29, 0.717) is 31.1 Å². The molecule has 0 saturated heterocycles. The van der Waals surface area contributed by atoms with Crippen LogP contribution in [-0.4, -0.2) is 25.7 Å². The molecule has 4 nitrogen and oxygen atoms in total. The zero-order chi connectivity index (χ0) is 17.6. The number of nitrogens with one attached hydrogen (secondary N) is 1. The van der Waals surface area contributed by atoms with E-state index in [1.54, 1.807) is 12.1 Å². The van der Waals surface area contributed by atoms with E-state index in [9.17, 15) is 4.79 Å². The summed E-state index contributed by atoms with van der Waals surface area (Å²) in [6, 6.07) is 15.5. The van der Waals surface area contributed by atoms with Crippen molar-refractivity contribution in [1.82, 2.24) is 5.32 Å². The van der Waals surface area contributed by atoms with Gasteiger partial charge >= 0.3 is 0 Å². The van der Waals surface area contributed by atoms with Gasteiger partial charge in [-0.25, -0.2) is 0 Å². The summed E-state index contributed by atoms with van der Waals surface area (Å²) in [5.74, 6) is 0.400. The lowest BCUT2D eigenvalue weighted by atomic mass is 9.97. The molecule has 0 unspecified atom stereocenters. The summed E-state index contributed by atoms with van der Waals surface area (Å²) >= 11 is 0. The SMILES string of the molecule is C=C(C)COc1ccccc1C(=O)NC[C@@H]1OCCc2ccccc21. The first kappa shape index (κ1) is 17.2. The minimum atomic E-state index is -0.163. The van der Waals surface area contributed by atoms with Crippen molar-refractivity contribution in [3.63, 3.8) is 0 Å². The van der Waals surface area contributed by atoms with E-state index in [4.69, 9.17) is 9.47 Å². The lowest BCUT2D eigenvalue weighted by Crippen LogP contribution is -2.32. The number of hydrogen-bond acceptors (Lipinski definition) is 3. The van der Waals surface area contributed by atoms with Gasteiger partial charge in [0.15, 0.2) is 0 Å². The first-order valence-corrected chi connectivity index (χ1v) is 8.49. The maximum atomic E-state index is 12.6. The van der Waals surface area contributed by atoms with E-state index < -0.39 is 0 Å². The van der Waals surface area contributed by atoms with E-state index in [-0.39, 0.29) is 12.0 Å². The second kappa shape index (κ2) is 7.99. The molecule has 0 bridgehead atoms. The molecule has 1 atom stereocenters. The van der Waals surface area contributed by atoms with Crippen LogP contribution in [0, 0.1) is 0 Å². The van der Waals surface area contributed by atoms with Crippen LogP contribution in [-0.2, 0) is 11.2 Å². The van der Waals surface area contributed by atoms with Crippen LogP contribution in [0.1, 0.15) is 34.5 Å². The van der Waals surface area contributed by atoms with Gasteiger partial charge < -0.3 is 14.8 Å². The van der Waals surface area contributed by atoms with Gasteiger partial charge in [-0.3, -0.25) is 4.79 Å². The molecule has 4 heteroatoms. The van der Waals surface area contributed by atoms with E-state index in [2.05, 4.69) is 24.0 Å². The summed E-state index contributed by atoms with van der Waals surface area (Å²) in [7, 11) is 0. The van der Waals surface area contributed by atoms with Crippen LogP contribution in [0.15, 0.2) is 60.7 Å². The third kappa shape index (κ3) is 4.28. The van der Waals surface area contributed by atoms with Crippen molar-refractivity contribution in [2.75, 3.05) is 19.8 Å². The van der Waals surface area contributed by atoms with Crippen LogP contribution in [0.5, 0.6) is 5.75 Å². The van der Waals surface area contributed by atoms with Crippen LogP contribution in [0.2, 0.25) is 0 Å². The highest BCUT2D eigenvalue weighted by molar-refractivity contribution is 5.96. The Bertz CT molecular complexity index is 769. The Balaban J connectivity index is 1.67. The topological polar surface area (TPSA) is 47.6 Å². The Morgan fingerprint density at radius 3 is 2.84 bits per heavy atom. The molecular formula is C21H23NO3. The van der Waals surface area contributed by atoms with Crippen molar-refractivity contribution in [3.05, 3.63) is 77.4 Å². The Morgan fingerprint density at radius 2 is 2.00 bits per heavy atom. The van der Waals surface area contributed by atoms with Crippen LogP contribution >= 0.6 is 0 Å². The summed E-state index contributed by atoms with van der Waals surface area (Å²) in [5.41, 5.74) is 3.87.